The van der Waals surface area contributed by atoms with Gasteiger partial charge in [-0.15, -0.1) is 11.8 Å². The number of hydrogen-bond acceptors (Lipinski definition) is 3. The zero-order valence-corrected chi connectivity index (χ0v) is 13.4. The standard InChI is InChI=1S/C16H25NO2S/c1-12(2)15(18)7-8-17-16(19)11-20-10-14-6-4-5-13(3)9-14/h4-6,9,12,15,18H,7-8,10-11H2,1-3H3,(H,17,19). The average Bonchev–Trinajstić information content (AvgIpc) is 2.38. The van der Waals surface area contributed by atoms with Gasteiger partial charge in [0.1, 0.15) is 0 Å². The van der Waals surface area contributed by atoms with Gasteiger partial charge in [-0.2, -0.15) is 0 Å². The molecule has 4 heteroatoms. The molecule has 1 aromatic carbocycles. The maximum atomic E-state index is 11.6. The van der Waals surface area contributed by atoms with Crippen LogP contribution in [-0.4, -0.2) is 29.4 Å². The molecule has 2 N–H and O–H groups in total. The Labute approximate surface area is 126 Å². The highest BCUT2D eigenvalue weighted by molar-refractivity contribution is 7.99. The van der Waals surface area contributed by atoms with Crippen LogP contribution >= 0.6 is 11.8 Å². The second-order valence-electron chi connectivity index (χ2n) is 5.43. The summed E-state index contributed by atoms with van der Waals surface area (Å²) in [6.07, 6.45) is 0.279. The Morgan fingerprint density at radius 3 is 2.80 bits per heavy atom. The average molecular weight is 295 g/mol. The van der Waals surface area contributed by atoms with E-state index in [9.17, 15) is 9.90 Å². The molecule has 0 aliphatic heterocycles. The van der Waals surface area contributed by atoms with Crippen LogP contribution in [0.2, 0.25) is 0 Å². The first-order valence-corrected chi connectivity index (χ1v) is 8.22. The van der Waals surface area contributed by atoms with Gasteiger partial charge in [-0.05, 0) is 24.8 Å². The first kappa shape index (κ1) is 17.1. The Balaban J connectivity index is 2.14. The second-order valence-corrected chi connectivity index (χ2v) is 6.42. The van der Waals surface area contributed by atoms with Gasteiger partial charge < -0.3 is 10.4 Å². The van der Waals surface area contributed by atoms with E-state index in [0.717, 1.165) is 5.75 Å². The lowest BCUT2D eigenvalue weighted by Crippen LogP contribution is -2.29. The third-order valence-electron chi connectivity index (χ3n) is 3.12. The fourth-order valence-corrected chi connectivity index (χ4v) is 2.61. The van der Waals surface area contributed by atoms with Crippen molar-refractivity contribution in [3.8, 4) is 0 Å². The lowest BCUT2D eigenvalue weighted by Gasteiger charge is -2.14. The Hall–Kier alpha value is -1.00. The lowest BCUT2D eigenvalue weighted by molar-refractivity contribution is -0.118. The Kier molecular flexibility index (Phi) is 7.70. The molecule has 0 heterocycles. The molecule has 0 fully saturated rings. The number of carbonyl (C=O) groups is 1. The van der Waals surface area contributed by atoms with Crippen LogP contribution in [0.5, 0.6) is 0 Å². The summed E-state index contributed by atoms with van der Waals surface area (Å²) >= 11 is 1.61. The van der Waals surface area contributed by atoms with Crippen molar-refractivity contribution in [1.82, 2.24) is 5.32 Å². The van der Waals surface area contributed by atoms with E-state index in [4.69, 9.17) is 0 Å². The number of aliphatic hydroxyl groups excluding tert-OH is 1. The normalized spacial score (nSPS) is 12.4. The van der Waals surface area contributed by atoms with Crippen molar-refractivity contribution in [3.05, 3.63) is 35.4 Å². The number of aryl methyl sites for hydroxylation is 1. The fourth-order valence-electron chi connectivity index (χ4n) is 1.81. The summed E-state index contributed by atoms with van der Waals surface area (Å²) in [6.45, 7) is 6.57. The van der Waals surface area contributed by atoms with Crippen molar-refractivity contribution in [1.29, 1.82) is 0 Å². The predicted octanol–water partition coefficient (Wildman–Crippen LogP) is 2.75. The van der Waals surface area contributed by atoms with Crippen molar-refractivity contribution < 1.29 is 9.90 Å². The van der Waals surface area contributed by atoms with Crippen molar-refractivity contribution >= 4 is 17.7 Å². The third-order valence-corrected chi connectivity index (χ3v) is 4.12. The predicted molar refractivity (Wildman–Crippen MR) is 85.8 cm³/mol. The minimum Gasteiger partial charge on any atom is -0.393 e. The van der Waals surface area contributed by atoms with Crippen LogP contribution in [0.1, 0.15) is 31.4 Å². The molecule has 1 aromatic rings. The number of carbonyl (C=O) groups excluding carboxylic acids is 1. The van der Waals surface area contributed by atoms with Gasteiger partial charge in [0, 0.05) is 12.3 Å². The van der Waals surface area contributed by atoms with Crippen molar-refractivity contribution in [2.45, 2.75) is 39.0 Å². The van der Waals surface area contributed by atoms with E-state index >= 15 is 0 Å². The van der Waals surface area contributed by atoms with Crippen LogP contribution < -0.4 is 5.32 Å². The maximum Gasteiger partial charge on any atom is 0.230 e. The highest BCUT2D eigenvalue weighted by Gasteiger charge is 2.09. The summed E-state index contributed by atoms with van der Waals surface area (Å²) in [7, 11) is 0. The topological polar surface area (TPSA) is 49.3 Å². The minimum atomic E-state index is -0.338. The number of amides is 1. The van der Waals surface area contributed by atoms with Crippen LogP contribution in [0.25, 0.3) is 0 Å². The van der Waals surface area contributed by atoms with E-state index in [-0.39, 0.29) is 17.9 Å². The molecule has 0 saturated heterocycles. The molecule has 0 spiro atoms. The van der Waals surface area contributed by atoms with Crippen molar-refractivity contribution in [2.24, 2.45) is 5.92 Å². The highest BCUT2D eigenvalue weighted by atomic mass is 32.2. The zero-order chi connectivity index (χ0) is 15.0. The molecular weight excluding hydrogens is 270 g/mol. The largest absolute Gasteiger partial charge is 0.393 e. The molecule has 0 aromatic heterocycles. The monoisotopic (exact) mass is 295 g/mol. The molecule has 1 unspecified atom stereocenters. The van der Waals surface area contributed by atoms with Crippen molar-refractivity contribution in [3.63, 3.8) is 0 Å². The summed E-state index contributed by atoms with van der Waals surface area (Å²) in [5.41, 5.74) is 2.49. The summed E-state index contributed by atoms with van der Waals surface area (Å²) in [6, 6.07) is 8.33. The van der Waals surface area contributed by atoms with Crippen LogP contribution in [0, 0.1) is 12.8 Å². The van der Waals surface area contributed by atoms with E-state index < -0.39 is 0 Å². The van der Waals surface area contributed by atoms with Crippen LogP contribution in [-0.2, 0) is 10.5 Å². The van der Waals surface area contributed by atoms with Gasteiger partial charge in [0.25, 0.3) is 0 Å². The Morgan fingerprint density at radius 1 is 1.40 bits per heavy atom. The molecule has 20 heavy (non-hydrogen) atoms. The molecule has 0 radical (unpaired) electrons. The number of hydrogen-bond donors (Lipinski definition) is 2. The summed E-state index contributed by atoms with van der Waals surface area (Å²) < 4.78 is 0. The lowest BCUT2D eigenvalue weighted by atomic mass is 10.0. The molecule has 112 valence electrons. The van der Waals surface area contributed by atoms with E-state index in [0.29, 0.717) is 18.7 Å². The van der Waals surface area contributed by atoms with E-state index in [1.807, 2.05) is 19.9 Å². The summed E-state index contributed by atoms with van der Waals surface area (Å²) in [4.78, 5) is 11.6. The van der Waals surface area contributed by atoms with Gasteiger partial charge in [0.15, 0.2) is 0 Å². The summed E-state index contributed by atoms with van der Waals surface area (Å²) in [5, 5.41) is 12.5. The molecule has 0 aliphatic rings. The third kappa shape index (κ3) is 6.96. The second kappa shape index (κ2) is 9.03. The smallest absolute Gasteiger partial charge is 0.230 e. The van der Waals surface area contributed by atoms with Gasteiger partial charge in [-0.1, -0.05) is 43.7 Å². The van der Waals surface area contributed by atoms with E-state index in [2.05, 4.69) is 30.4 Å². The minimum absolute atomic E-state index is 0.0404. The molecule has 3 nitrogen and oxygen atoms in total. The SMILES string of the molecule is Cc1cccc(CSCC(=O)NCCC(O)C(C)C)c1. The zero-order valence-electron chi connectivity index (χ0n) is 12.6. The number of benzene rings is 1. The first-order chi connectivity index (χ1) is 9.49. The molecule has 0 bridgehead atoms. The van der Waals surface area contributed by atoms with E-state index in [1.54, 1.807) is 11.8 Å². The quantitative estimate of drug-likeness (QED) is 0.775. The summed E-state index contributed by atoms with van der Waals surface area (Å²) in [5.74, 6) is 1.59. The maximum absolute atomic E-state index is 11.6. The van der Waals surface area contributed by atoms with Gasteiger partial charge >= 0.3 is 0 Å². The van der Waals surface area contributed by atoms with Gasteiger partial charge in [0.2, 0.25) is 5.91 Å². The first-order valence-electron chi connectivity index (χ1n) is 7.07. The Morgan fingerprint density at radius 2 is 2.15 bits per heavy atom. The Bertz CT molecular complexity index is 421. The molecular formula is C16H25NO2S. The van der Waals surface area contributed by atoms with Gasteiger partial charge in [-0.25, -0.2) is 0 Å². The van der Waals surface area contributed by atoms with Crippen molar-refractivity contribution in [2.75, 3.05) is 12.3 Å². The fraction of sp³-hybridized carbons (Fsp3) is 0.562. The molecule has 0 saturated carbocycles. The van der Waals surface area contributed by atoms with Crippen LogP contribution in [0.4, 0.5) is 0 Å². The number of thioether (sulfide) groups is 1. The molecule has 1 rings (SSSR count). The number of nitrogens with one attached hydrogen (secondary N) is 1. The highest BCUT2D eigenvalue weighted by Crippen LogP contribution is 2.13. The van der Waals surface area contributed by atoms with Gasteiger partial charge in [0.05, 0.1) is 11.9 Å². The van der Waals surface area contributed by atoms with Gasteiger partial charge in [-0.3, -0.25) is 4.79 Å². The molecule has 0 aliphatic carbocycles. The number of rotatable bonds is 8. The molecule has 1 atom stereocenters. The van der Waals surface area contributed by atoms with E-state index in [1.165, 1.54) is 11.1 Å². The van der Waals surface area contributed by atoms with Crippen LogP contribution in [0.3, 0.4) is 0 Å². The number of aliphatic hydroxyl groups is 1. The van der Waals surface area contributed by atoms with Crippen LogP contribution in [0.15, 0.2) is 24.3 Å². The molecule has 1 amide bonds.